The smallest absolute Gasteiger partial charge is 0.197 e. The van der Waals surface area contributed by atoms with Gasteiger partial charge in [-0.3, -0.25) is 4.79 Å². The van der Waals surface area contributed by atoms with Crippen molar-refractivity contribution in [1.82, 2.24) is 0 Å². The Hall–Kier alpha value is -2.01. The van der Waals surface area contributed by atoms with E-state index in [2.05, 4.69) is 20.0 Å². The molecule has 2 aliphatic carbocycles. The van der Waals surface area contributed by atoms with Crippen molar-refractivity contribution in [1.29, 1.82) is 0 Å². The van der Waals surface area contributed by atoms with E-state index in [1.165, 1.54) is 0 Å². The molecule has 0 radical (unpaired) electrons. The number of quaternary nitrogens is 1. The fourth-order valence-corrected chi connectivity index (χ4v) is 5.68. The Morgan fingerprint density at radius 2 is 2.08 bits per heavy atom. The fourth-order valence-electron chi connectivity index (χ4n) is 5.68. The molecule has 0 saturated carbocycles. The van der Waals surface area contributed by atoms with Gasteiger partial charge in [-0.25, -0.2) is 0 Å². The number of likely N-dealkylation sites (tertiary alicyclic amines) is 1. The Morgan fingerprint density at radius 3 is 2.73 bits per heavy atom. The molecule has 4 atom stereocenters. The topological polar surface area (TPSA) is 55.8 Å². The molecule has 0 aromatic heterocycles. The number of fused-ring (bicyclic) bond motifs is 1. The average molecular weight is 358 g/mol. The number of benzene rings is 1. The van der Waals surface area contributed by atoms with Gasteiger partial charge in [0.25, 0.3) is 0 Å². The van der Waals surface area contributed by atoms with E-state index in [-0.39, 0.29) is 22.9 Å². The molecule has 1 aromatic carbocycles. The van der Waals surface area contributed by atoms with Gasteiger partial charge < -0.3 is 19.1 Å². The first-order valence-electron chi connectivity index (χ1n) is 9.42. The molecule has 1 fully saturated rings. The lowest BCUT2D eigenvalue weighted by Gasteiger charge is -2.59. The maximum absolute atomic E-state index is 12.8. The molecule has 4 rings (SSSR count). The van der Waals surface area contributed by atoms with Crippen molar-refractivity contribution in [2.75, 3.05) is 34.4 Å². The molecular weight excluding hydrogens is 330 g/mol. The first kappa shape index (κ1) is 17.4. The van der Waals surface area contributed by atoms with Crippen molar-refractivity contribution < 1.29 is 23.9 Å². The summed E-state index contributed by atoms with van der Waals surface area (Å²) in [5.41, 5.74) is 1.73. The number of aromatic hydroxyl groups is 1. The SMILES string of the molecule is CC[N+]1(C)CC[C@@]23CC(=O)C(OC)=C[C@H]2[C@@H]1Cc1ccc(OC)c(O)c13. The molecule has 5 heteroatoms. The minimum Gasteiger partial charge on any atom is -0.504 e. The number of phenolic OH excluding ortho intramolecular Hbond substituents is 1. The van der Waals surface area contributed by atoms with Crippen molar-refractivity contribution >= 4 is 5.78 Å². The molecule has 140 valence electrons. The molecule has 5 nitrogen and oxygen atoms in total. The van der Waals surface area contributed by atoms with Gasteiger partial charge in [-0.1, -0.05) is 6.07 Å². The standard InChI is InChI=1S/C21H27NO4/c1-5-22(2)9-8-21-12-16(23)18(26-4)11-14(21)15(22)10-13-6-7-17(25-3)20(24)19(13)21/h6-7,11,14-15H,5,8-10,12H2,1-4H3/p+1/t14-,15-,21+,22?/m0/s1. The summed E-state index contributed by atoms with van der Waals surface area (Å²) in [6.07, 6.45) is 4.21. The number of hydrogen-bond donors (Lipinski definition) is 1. The van der Waals surface area contributed by atoms with Gasteiger partial charge in [-0.05, 0) is 24.6 Å². The number of allylic oxidation sites excluding steroid dienone is 1. The number of carbonyl (C=O) groups excluding carboxylic acids is 1. The van der Waals surface area contributed by atoms with Crippen LogP contribution in [0.25, 0.3) is 0 Å². The third-order valence-electron chi connectivity index (χ3n) is 7.32. The summed E-state index contributed by atoms with van der Waals surface area (Å²) in [5, 5.41) is 11.0. The average Bonchev–Trinajstić information content (AvgIpc) is 2.64. The second-order valence-electron chi connectivity index (χ2n) is 8.21. The molecule has 1 aliphatic heterocycles. The highest BCUT2D eigenvalue weighted by Crippen LogP contribution is 2.58. The summed E-state index contributed by atoms with van der Waals surface area (Å²) in [7, 11) is 5.46. The van der Waals surface area contributed by atoms with Crippen molar-refractivity contribution in [3.63, 3.8) is 0 Å². The van der Waals surface area contributed by atoms with Gasteiger partial charge in [0.2, 0.25) is 0 Å². The van der Waals surface area contributed by atoms with Gasteiger partial charge in [-0.15, -0.1) is 0 Å². The quantitative estimate of drug-likeness (QED) is 0.844. The van der Waals surface area contributed by atoms with Crippen LogP contribution in [-0.2, 0) is 21.4 Å². The van der Waals surface area contributed by atoms with Crippen LogP contribution >= 0.6 is 0 Å². The maximum atomic E-state index is 12.8. The van der Waals surface area contributed by atoms with Gasteiger partial charge in [0, 0.05) is 36.2 Å². The number of Topliss-reactive ketones (excluding diaryl/α,β-unsaturated/α-hetero) is 1. The largest absolute Gasteiger partial charge is 0.504 e. The van der Waals surface area contributed by atoms with Gasteiger partial charge in [-0.2, -0.15) is 0 Å². The molecular formula is C21H28NO4+. The summed E-state index contributed by atoms with van der Waals surface area (Å²) in [4.78, 5) is 12.8. The summed E-state index contributed by atoms with van der Waals surface area (Å²) in [5.74, 6) is 1.39. The molecule has 26 heavy (non-hydrogen) atoms. The normalized spacial score (nSPS) is 35.2. The Morgan fingerprint density at radius 1 is 1.31 bits per heavy atom. The van der Waals surface area contributed by atoms with E-state index >= 15 is 0 Å². The first-order valence-corrected chi connectivity index (χ1v) is 9.42. The number of likely N-dealkylation sites (N-methyl/N-ethyl adjacent to an activating group) is 1. The number of hydrogen-bond acceptors (Lipinski definition) is 4. The van der Waals surface area contributed by atoms with Crippen LogP contribution < -0.4 is 4.74 Å². The van der Waals surface area contributed by atoms with Crippen molar-refractivity contribution in [2.24, 2.45) is 5.92 Å². The molecule has 0 spiro atoms. The first-order chi connectivity index (χ1) is 12.4. The van der Waals surface area contributed by atoms with E-state index in [4.69, 9.17) is 9.47 Å². The molecule has 3 aliphatic rings. The Labute approximate surface area is 154 Å². The number of rotatable bonds is 3. The van der Waals surface area contributed by atoms with Gasteiger partial charge in [0.1, 0.15) is 6.04 Å². The second kappa shape index (κ2) is 5.74. The number of carbonyl (C=O) groups is 1. The fraction of sp³-hybridized carbons (Fsp3) is 0.571. The summed E-state index contributed by atoms with van der Waals surface area (Å²) < 4.78 is 11.8. The second-order valence-corrected chi connectivity index (χ2v) is 8.21. The maximum Gasteiger partial charge on any atom is 0.197 e. The van der Waals surface area contributed by atoms with Crippen LogP contribution in [0.5, 0.6) is 11.5 Å². The van der Waals surface area contributed by atoms with Crippen LogP contribution in [0.4, 0.5) is 0 Å². The van der Waals surface area contributed by atoms with Crippen molar-refractivity contribution in [3.8, 4) is 11.5 Å². The summed E-state index contributed by atoms with van der Waals surface area (Å²) in [6.45, 7) is 4.30. The van der Waals surface area contributed by atoms with Gasteiger partial charge >= 0.3 is 0 Å². The zero-order valence-electron chi connectivity index (χ0n) is 16.0. The predicted molar refractivity (Wildman–Crippen MR) is 98.2 cm³/mol. The summed E-state index contributed by atoms with van der Waals surface area (Å²) in [6, 6.07) is 4.30. The van der Waals surface area contributed by atoms with Crippen LogP contribution in [0.3, 0.4) is 0 Å². The van der Waals surface area contributed by atoms with E-state index in [9.17, 15) is 9.90 Å². The Kier molecular flexibility index (Phi) is 3.85. The lowest BCUT2D eigenvalue weighted by Crippen LogP contribution is -2.68. The minimum atomic E-state index is -0.358. The highest BCUT2D eigenvalue weighted by molar-refractivity contribution is 5.96. The van der Waals surface area contributed by atoms with Crippen LogP contribution in [0.15, 0.2) is 24.0 Å². The highest BCUT2D eigenvalue weighted by Gasteiger charge is 2.61. The van der Waals surface area contributed by atoms with Crippen LogP contribution in [0, 0.1) is 5.92 Å². The van der Waals surface area contributed by atoms with E-state index in [0.717, 1.165) is 41.5 Å². The van der Waals surface area contributed by atoms with E-state index in [0.29, 0.717) is 24.0 Å². The van der Waals surface area contributed by atoms with Crippen LogP contribution in [0.2, 0.25) is 0 Å². The van der Waals surface area contributed by atoms with E-state index in [1.54, 1.807) is 14.2 Å². The highest BCUT2D eigenvalue weighted by atomic mass is 16.5. The molecule has 1 aromatic rings. The number of nitrogens with zero attached hydrogens (tertiary/aromatic N) is 1. The molecule has 1 N–H and O–H groups in total. The summed E-state index contributed by atoms with van der Waals surface area (Å²) >= 11 is 0. The lowest BCUT2D eigenvalue weighted by atomic mass is 9.53. The van der Waals surface area contributed by atoms with Crippen molar-refractivity contribution in [3.05, 3.63) is 35.1 Å². The number of piperidine rings is 1. The predicted octanol–water partition coefficient (Wildman–Crippen LogP) is 2.55. The Bertz CT molecular complexity index is 801. The van der Waals surface area contributed by atoms with E-state index in [1.807, 2.05) is 12.1 Å². The van der Waals surface area contributed by atoms with E-state index < -0.39 is 0 Å². The molecule has 1 unspecified atom stereocenters. The van der Waals surface area contributed by atoms with Gasteiger partial charge in [0.15, 0.2) is 23.0 Å². The number of ether oxygens (including phenoxy) is 2. The third kappa shape index (κ3) is 2.10. The van der Waals surface area contributed by atoms with Crippen molar-refractivity contribution in [2.45, 2.75) is 37.6 Å². The molecule has 0 amide bonds. The lowest BCUT2D eigenvalue weighted by molar-refractivity contribution is -0.942. The number of phenols is 1. The minimum absolute atomic E-state index is 0.0326. The number of methoxy groups -OCH3 is 2. The molecule has 1 saturated heterocycles. The van der Waals surface area contributed by atoms with Crippen LogP contribution in [-0.4, -0.2) is 55.8 Å². The molecule has 1 heterocycles. The zero-order chi connectivity index (χ0) is 18.7. The van der Waals surface area contributed by atoms with Crippen LogP contribution in [0.1, 0.15) is 30.9 Å². The van der Waals surface area contributed by atoms with Gasteiger partial charge in [0.05, 0.1) is 34.4 Å². The monoisotopic (exact) mass is 358 g/mol. The molecule has 2 bridgehead atoms. The third-order valence-corrected chi connectivity index (χ3v) is 7.32. The Balaban J connectivity index is 1.98. The zero-order valence-corrected chi connectivity index (χ0v) is 16.0. The number of ketones is 1.